The second-order valence-electron chi connectivity index (χ2n) is 3.75. The maximum absolute atomic E-state index is 5.24. The molecule has 0 amide bonds. The molecule has 1 rings (SSSR count). The van der Waals surface area contributed by atoms with Gasteiger partial charge in [-0.1, -0.05) is 6.08 Å². The molecule has 0 aliphatic carbocycles. The van der Waals surface area contributed by atoms with E-state index in [1.165, 1.54) is 0 Å². The van der Waals surface area contributed by atoms with Gasteiger partial charge in [-0.15, -0.1) is 0 Å². The summed E-state index contributed by atoms with van der Waals surface area (Å²) in [6, 6.07) is 0. The van der Waals surface area contributed by atoms with Gasteiger partial charge in [0.25, 0.3) is 0 Å². The summed E-state index contributed by atoms with van der Waals surface area (Å²) in [5, 5.41) is 0. The highest BCUT2D eigenvalue weighted by Gasteiger charge is 2.16. The van der Waals surface area contributed by atoms with Crippen molar-refractivity contribution in [3.63, 3.8) is 0 Å². The number of rotatable bonds is 2. The number of hydrogen-bond donors (Lipinski definition) is 0. The van der Waals surface area contributed by atoms with Crippen LogP contribution in [0, 0.1) is 0 Å². The van der Waals surface area contributed by atoms with E-state index in [1.807, 2.05) is 32.9 Å². The van der Waals surface area contributed by atoms with Crippen molar-refractivity contribution >= 4 is 0 Å². The average Bonchev–Trinajstić information content (AvgIpc) is 2.02. The van der Waals surface area contributed by atoms with Gasteiger partial charge in [0.15, 0.2) is 0 Å². The van der Waals surface area contributed by atoms with Crippen molar-refractivity contribution in [2.24, 2.45) is 0 Å². The lowest BCUT2D eigenvalue weighted by Gasteiger charge is -2.22. The summed E-state index contributed by atoms with van der Waals surface area (Å²) in [7, 11) is 0. The fourth-order valence-corrected chi connectivity index (χ4v) is 0.767. The second-order valence-corrected chi connectivity index (χ2v) is 3.75. The summed E-state index contributed by atoms with van der Waals surface area (Å²) < 4.78 is 5.24. The fraction of sp³-hybridized carbons (Fsp3) is 0.778. The van der Waals surface area contributed by atoms with E-state index < -0.39 is 0 Å². The molecule has 1 atom stereocenters. The van der Waals surface area contributed by atoms with Crippen LogP contribution in [0.3, 0.4) is 0 Å². The molecular formula is C9H16O3. The number of ether oxygens (including phenoxy) is 1. The van der Waals surface area contributed by atoms with Crippen LogP contribution in [0.2, 0.25) is 0 Å². The third-order valence-corrected chi connectivity index (χ3v) is 1.25. The van der Waals surface area contributed by atoms with E-state index in [2.05, 4.69) is 0 Å². The normalized spacial score (nSPS) is 24.4. The highest BCUT2D eigenvalue weighted by molar-refractivity contribution is 4.88. The van der Waals surface area contributed by atoms with E-state index in [0.717, 1.165) is 6.42 Å². The Bertz CT molecular complexity index is 158. The Morgan fingerprint density at radius 2 is 2.17 bits per heavy atom. The van der Waals surface area contributed by atoms with E-state index in [1.54, 1.807) is 0 Å². The first-order valence-corrected chi connectivity index (χ1v) is 4.21. The summed E-state index contributed by atoms with van der Waals surface area (Å²) >= 11 is 0. The molecule has 3 heteroatoms. The zero-order valence-corrected chi connectivity index (χ0v) is 7.87. The van der Waals surface area contributed by atoms with Crippen LogP contribution in [0.4, 0.5) is 0 Å². The molecular weight excluding hydrogens is 156 g/mol. The Morgan fingerprint density at radius 1 is 1.42 bits per heavy atom. The lowest BCUT2D eigenvalue weighted by atomic mass is 10.2. The zero-order chi connectivity index (χ0) is 9.03. The molecule has 1 unspecified atom stereocenters. The molecule has 0 aromatic rings. The van der Waals surface area contributed by atoms with Crippen LogP contribution in [0.5, 0.6) is 0 Å². The highest BCUT2D eigenvalue weighted by atomic mass is 17.2. The van der Waals surface area contributed by atoms with E-state index in [9.17, 15) is 0 Å². The molecule has 3 nitrogen and oxygen atoms in total. The van der Waals surface area contributed by atoms with Crippen molar-refractivity contribution in [3.05, 3.63) is 12.2 Å². The van der Waals surface area contributed by atoms with Gasteiger partial charge in [-0.3, -0.25) is 0 Å². The van der Waals surface area contributed by atoms with Gasteiger partial charge in [-0.2, -0.15) is 4.89 Å². The quantitative estimate of drug-likeness (QED) is 0.362. The molecule has 1 heterocycles. The van der Waals surface area contributed by atoms with E-state index >= 15 is 0 Å². The monoisotopic (exact) mass is 172 g/mol. The Morgan fingerprint density at radius 3 is 2.67 bits per heavy atom. The van der Waals surface area contributed by atoms with Gasteiger partial charge in [-0.05, 0) is 33.3 Å². The molecule has 70 valence electrons. The second kappa shape index (κ2) is 4.03. The summed E-state index contributed by atoms with van der Waals surface area (Å²) in [6.07, 6.45) is 4.50. The largest absolute Gasteiger partial charge is 0.346 e. The van der Waals surface area contributed by atoms with Gasteiger partial charge in [0.2, 0.25) is 6.29 Å². The van der Waals surface area contributed by atoms with Crippen LogP contribution < -0.4 is 0 Å². The number of hydrogen-bond acceptors (Lipinski definition) is 3. The summed E-state index contributed by atoms with van der Waals surface area (Å²) in [6.45, 7) is 6.49. The van der Waals surface area contributed by atoms with Crippen LogP contribution >= 0.6 is 0 Å². The topological polar surface area (TPSA) is 27.7 Å². The minimum atomic E-state index is -0.335. The Labute approximate surface area is 73.2 Å². The van der Waals surface area contributed by atoms with Gasteiger partial charge >= 0.3 is 0 Å². The minimum absolute atomic E-state index is 0.283. The molecule has 1 aliphatic rings. The first kappa shape index (κ1) is 9.71. The molecule has 0 bridgehead atoms. The Kier molecular flexibility index (Phi) is 3.26. The molecule has 0 saturated heterocycles. The SMILES string of the molecule is CC(C)(C)OOC1C=CCCO1. The minimum Gasteiger partial charge on any atom is -0.346 e. The van der Waals surface area contributed by atoms with Gasteiger partial charge in [-0.25, -0.2) is 4.89 Å². The van der Waals surface area contributed by atoms with Gasteiger partial charge in [0.05, 0.1) is 12.2 Å². The maximum Gasteiger partial charge on any atom is 0.210 e. The Hall–Kier alpha value is -0.380. The standard InChI is InChI=1S/C9H16O3/c1-9(2,3)12-11-8-6-4-5-7-10-8/h4,6,8H,5,7H2,1-3H3. The molecule has 0 fully saturated rings. The van der Waals surface area contributed by atoms with Crippen LogP contribution in [-0.4, -0.2) is 18.5 Å². The van der Waals surface area contributed by atoms with Gasteiger partial charge < -0.3 is 4.74 Å². The van der Waals surface area contributed by atoms with Crippen LogP contribution in [0.15, 0.2) is 12.2 Å². The maximum atomic E-state index is 5.24. The zero-order valence-electron chi connectivity index (χ0n) is 7.87. The van der Waals surface area contributed by atoms with Crippen molar-refractivity contribution < 1.29 is 14.5 Å². The third-order valence-electron chi connectivity index (χ3n) is 1.25. The molecule has 0 aromatic heterocycles. The lowest BCUT2D eigenvalue weighted by Crippen LogP contribution is -2.26. The van der Waals surface area contributed by atoms with E-state index in [0.29, 0.717) is 6.61 Å². The Balaban J connectivity index is 2.22. The van der Waals surface area contributed by atoms with Crippen LogP contribution in [-0.2, 0) is 14.5 Å². The molecule has 12 heavy (non-hydrogen) atoms. The molecule has 0 saturated carbocycles. The van der Waals surface area contributed by atoms with Crippen molar-refractivity contribution in [1.82, 2.24) is 0 Å². The molecule has 0 radical (unpaired) electrons. The predicted molar refractivity (Wildman–Crippen MR) is 45.4 cm³/mol. The van der Waals surface area contributed by atoms with Crippen LogP contribution in [0.25, 0.3) is 0 Å². The van der Waals surface area contributed by atoms with Crippen molar-refractivity contribution in [1.29, 1.82) is 0 Å². The summed E-state index contributed by atoms with van der Waals surface area (Å²) in [5.74, 6) is 0. The van der Waals surface area contributed by atoms with Crippen molar-refractivity contribution in [3.8, 4) is 0 Å². The van der Waals surface area contributed by atoms with E-state index in [4.69, 9.17) is 14.5 Å². The van der Waals surface area contributed by atoms with Crippen LogP contribution in [0.1, 0.15) is 27.2 Å². The van der Waals surface area contributed by atoms with Gasteiger partial charge in [0, 0.05) is 0 Å². The smallest absolute Gasteiger partial charge is 0.210 e. The van der Waals surface area contributed by atoms with E-state index in [-0.39, 0.29) is 11.9 Å². The summed E-state index contributed by atoms with van der Waals surface area (Å²) in [4.78, 5) is 10.1. The average molecular weight is 172 g/mol. The van der Waals surface area contributed by atoms with Crippen molar-refractivity contribution in [2.75, 3.05) is 6.61 Å². The fourth-order valence-electron chi connectivity index (χ4n) is 0.767. The summed E-state index contributed by atoms with van der Waals surface area (Å²) in [5.41, 5.74) is -0.283. The molecule has 0 spiro atoms. The molecule has 1 aliphatic heterocycles. The predicted octanol–water partition coefficient (Wildman–Crippen LogP) is 2.04. The molecule has 0 aromatic carbocycles. The first-order chi connectivity index (χ1) is 5.58. The lowest BCUT2D eigenvalue weighted by molar-refractivity contribution is -0.405. The first-order valence-electron chi connectivity index (χ1n) is 4.21. The van der Waals surface area contributed by atoms with Crippen molar-refractivity contribution in [2.45, 2.75) is 39.1 Å². The van der Waals surface area contributed by atoms with Gasteiger partial charge in [0.1, 0.15) is 0 Å². The highest BCUT2D eigenvalue weighted by Crippen LogP contribution is 2.12. The molecule has 0 N–H and O–H groups in total. The third kappa shape index (κ3) is 3.85.